The van der Waals surface area contributed by atoms with Gasteiger partial charge in [0.05, 0.1) is 12.3 Å². The zero-order chi connectivity index (χ0) is 13.1. The molecule has 2 heterocycles. The Morgan fingerprint density at radius 1 is 1.21 bits per heavy atom. The summed E-state index contributed by atoms with van der Waals surface area (Å²) in [6.07, 6.45) is 4.46. The van der Waals surface area contributed by atoms with Crippen LogP contribution in [0.2, 0.25) is 0 Å². The fraction of sp³-hybridized carbons (Fsp3) is 0.133. The number of fused-ring (bicyclic) bond motifs is 1. The lowest BCUT2D eigenvalue weighted by Gasteiger charge is -2.10. The van der Waals surface area contributed by atoms with E-state index >= 15 is 0 Å². The van der Waals surface area contributed by atoms with Gasteiger partial charge in [0.2, 0.25) is 0 Å². The first kappa shape index (κ1) is 12.0. The Labute approximate surface area is 115 Å². The highest BCUT2D eigenvalue weighted by atomic mass is 32.1. The van der Waals surface area contributed by atoms with Gasteiger partial charge in [0.15, 0.2) is 0 Å². The summed E-state index contributed by atoms with van der Waals surface area (Å²) in [6, 6.07) is 9.98. The van der Waals surface area contributed by atoms with E-state index in [1.807, 2.05) is 18.2 Å². The highest BCUT2D eigenvalue weighted by molar-refractivity contribution is 7.09. The Morgan fingerprint density at radius 2 is 2.16 bits per heavy atom. The van der Waals surface area contributed by atoms with Crippen molar-refractivity contribution in [1.29, 1.82) is 0 Å². The van der Waals surface area contributed by atoms with E-state index in [1.54, 1.807) is 23.7 Å². The molecule has 3 rings (SSSR count). The molecule has 0 radical (unpaired) electrons. The Hall–Kier alpha value is -2.07. The van der Waals surface area contributed by atoms with E-state index < -0.39 is 0 Å². The quantitative estimate of drug-likeness (QED) is 0.738. The van der Waals surface area contributed by atoms with Crippen molar-refractivity contribution in [3.05, 3.63) is 53.0 Å². The van der Waals surface area contributed by atoms with E-state index in [0.29, 0.717) is 12.3 Å². The van der Waals surface area contributed by atoms with Crippen LogP contribution in [0.4, 0.5) is 5.69 Å². The van der Waals surface area contributed by atoms with Crippen LogP contribution in [0.1, 0.15) is 4.88 Å². The largest absolute Gasteiger partial charge is 0.491 e. The zero-order valence-electron chi connectivity index (χ0n) is 10.4. The average Bonchev–Trinajstić information content (AvgIpc) is 2.95. The number of hydrogen-bond acceptors (Lipinski definition) is 4. The molecule has 0 spiro atoms. The molecule has 0 aliphatic rings. The Morgan fingerprint density at radius 3 is 3.00 bits per heavy atom. The summed E-state index contributed by atoms with van der Waals surface area (Å²) in [5, 5.41) is 4.10. The molecule has 0 aliphatic heterocycles. The number of anilines is 1. The molecule has 0 fully saturated rings. The maximum absolute atomic E-state index is 6.13. The van der Waals surface area contributed by atoms with E-state index in [2.05, 4.69) is 22.5 Å². The second-order valence-electron chi connectivity index (χ2n) is 4.25. The highest BCUT2D eigenvalue weighted by Gasteiger charge is 2.05. The predicted octanol–water partition coefficient (Wildman–Crippen LogP) is 3.50. The lowest BCUT2D eigenvalue weighted by molar-refractivity contribution is 0.325. The fourth-order valence-corrected chi connectivity index (χ4v) is 2.71. The highest BCUT2D eigenvalue weighted by Crippen LogP contribution is 2.30. The molecule has 0 saturated carbocycles. The van der Waals surface area contributed by atoms with Crippen LogP contribution in [0.5, 0.6) is 5.75 Å². The number of ether oxygens (including phenoxy) is 1. The molecule has 0 bridgehead atoms. The summed E-state index contributed by atoms with van der Waals surface area (Å²) in [7, 11) is 0. The topological polar surface area (TPSA) is 48.1 Å². The maximum atomic E-state index is 6.13. The molecule has 4 heteroatoms. The second kappa shape index (κ2) is 5.28. The number of rotatable bonds is 4. The third-order valence-electron chi connectivity index (χ3n) is 3.01. The van der Waals surface area contributed by atoms with Crippen LogP contribution in [0, 0.1) is 0 Å². The number of hydrogen-bond donors (Lipinski definition) is 1. The normalized spacial score (nSPS) is 10.7. The molecule has 0 amide bonds. The van der Waals surface area contributed by atoms with Gasteiger partial charge in [-0.15, -0.1) is 11.3 Å². The zero-order valence-corrected chi connectivity index (χ0v) is 11.2. The summed E-state index contributed by atoms with van der Waals surface area (Å²) >= 11 is 1.75. The fourth-order valence-electron chi connectivity index (χ4n) is 2.02. The molecule has 2 aromatic heterocycles. The van der Waals surface area contributed by atoms with Gasteiger partial charge < -0.3 is 10.5 Å². The molecule has 0 saturated heterocycles. The average molecular weight is 270 g/mol. The van der Waals surface area contributed by atoms with Gasteiger partial charge in [-0.3, -0.25) is 4.98 Å². The third kappa shape index (κ3) is 2.53. The SMILES string of the molecule is Nc1c(OCCc2cccs2)ccc2cnccc12. The Kier molecular flexibility index (Phi) is 3.33. The van der Waals surface area contributed by atoms with E-state index in [4.69, 9.17) is 10.5 Å². The van der Waals surface area contributed by atoms with Crippen LogP contribution in [0.25, 0.3) is 10.8 Å². The molecule has 0 aliphatic carbocycles. The summed E-state index contributed by atoms with van der Waals surface area (Å²) in [6.45, 7) is 0.640. The predicted molar refractivity (Wildman–Crippen MR) is 79.7 cm³/mol. The summed E-state index contributed by atoms with van der Waals surface area (Å²) < 4.78 is 5.78. The number of nitrogens with two attached hydrogens (primary N) is 1. The van der Waals surface area contributed by atoms with Crippen LogP contribution in [-0.4, -0.2) is 11.6 Å². The monoisotopic (exact) mass is 270 g/mol. The minimum Gasteiger partial charge on any atom is -0.491 e. The first-order valence-corrected chi connectivity index (χ1v) is 7.00. The molecule has 2 N–H and O–H groups in total. The van der Waals surface area contributed by atoms with Crippen molar-refractivity contribution in [2.24, 2.45) is 0 Å². The lowest BCUT2D eigenvalue weighted by atomic mass is 10.1. The van der Waals surface area contributed by atoms with Gasteiger partial charge in [-0.2, -0.15) is 0 Å². The lowest BCUT2D eigenvalue weighted by Crippen LogP contribution is -2.02. The standard InChI is InChI=1S/C15H14N2OS/c16-15-13-5-7-17-10-11(13)3-4-14(15)18-8-6-12-2-1-9-19-12/h1-5,7,9-10H,6,8,16H2. The van der Waals surface area contributed by atoms with Crippen molar-refractivity contribution in [1.82, 2.24) is 4.98 Å². The Bertz CT molecular complexity index is 680. The minimum absolute atomic E-state index is 0.640. The third-order valence-corrected chi connectivity index (χ3v) is 3.94. The smallest absolute Gasteiger partial charge is 0.142 e. The van der Waals surface area contributed by atoms with Crippen molar-refractivity contribution in [2.75, 3.05) is 12.3 Å². The number of aromatic nitrogens is 1. The number of pyridine rings is 1. The summed E-state index contributed by atoms with van der Waals surface area (Å²) in [4.78, 5) is 5.41. The molecule has 0 atom stereocenters. The summed E-state index contributed by atoms with van der Waals surface area (Å²) in [5.41, 5.74) is 6.81. The number of benzene rings is 1. The van der Waals surface area contributed by atoms with Gasteiger partial charge in [0, 0.05) is 34.5 Å². The molecular weight excluding hydrogens is 256 g/mol. The molecular formula is C15H14N2OS. The molecule has 1 aromatic carbocycles. The van der Waals surface area contributed by atoms with Crippen LogP contribution in [-0.2, 0) is 6.42 Å². The Balaban J connectivity index is 1.76. The van der Waals surface area contributed by atoms with Crippen LogP contribution < -0.4 is 10.5 Å². The van der Waals surface area contributed by atoms with Crippen LogP contribution in [0.15, 0.2) is 48.1 Å². The molecule has 96 valence electrons. The van der Waals surface area contributed by atoms with Gasteiger partial charge in [-0.1, -0.05) is 6.07 Å². The molecule has 3 aromatic rings. The van der Waals surface area contributed by atoms with Crippen molar-refractivity contribution in [2.45, 2.75) is 6.42 Å². The summed E-state index contributed by atoms with van der Waals surface area (Å²) in [5.74, 6) is 0.746. The number of nitrogen functional groups attached to an aromatic ring is 1. The van der Waals surface area contributed by atoms with E-state index in [9.17, 15) is 0 Å². The van der Waals surface area contributed by atoms with Gasteiger partial charge in [0.25, 0.3) is 0 Å². The van der Waals surface area contributed by atoms with Gasteiger partial charge in [0.1, 0.15) is 5.75 Å². The molecule has 0 unspecified atom stereocenters. The first-order chi connectivity index (χ1) is 9.34. The van der Waals surface area contributed by atoms with Gasteiger partial charge in [-0.25, -0.2) is 0 Å². The molecule has 19 heavy (non-hydrogen) atoms. The van der Waals surface area contributed by atoms with Gasteiger partial charge >= 0.3 is 0 Å². The second-order valence-corrected chi connectivity index (χ2v) is 5.28. The maximum Gasteiger partial charge on any atom is 0.142 e. The van der Waals surface area contributed by atoms with E-state index in [1.165, 1.54) is 4.88 Å². The van der Waals surface area contributed by atoms with E-state index in [-0.39, 0.29) is 0 Å². The molecule has 3 nitrogen and oxygen atoms in total. The first-order valence-electron chi connectivity index (χ1n) is 6.12. The number of nitrogens with zero attached hydrogens (tertiary/aromatic N) is 1. The minimum atomic E-state index is 0.640. The number of thiophene rings is 1. The van der Waals surface area contributed by atoms with Crippen LogP contribution >= 0.6 is 11.3 Å². The van der Waals surface area contributed by atoms with Crippen molar-refractivity contribution >= 4 is 27.8 Å². The van der Waals surface area contributed by atoms with E-state index in [0.717, 1.165) is 22.9 Å². The van der Waals surface area contributed by atoms with Crippen molar-refractivity contribution < 1.29 is 4.74 Å². The van der Waals surface area contributed by atoms with Crippen LogP contribution in [0.3, 0.4) is 0 Å². The van der Waals surface area contributed by atoms with Crippen molar-refractivity contribution in [3.8, 4) is 5.75 Å². The van der Waals surface area contributed by atoms with Crippen molar-refractivity contribution in [3.63, 3.8) is 0 Å². The van der Waals surface area contributed by atoms with Gasteiger partial charge in [-0.05, 0) is 29.6 Å².